The summed E-state index contributed by atoms with van der Waals surface area (Å²) < 4.78 is 0. The van der Waals surface area contributed by atoms with Crippen molar-refractivity contribution in [3.63, 3.8) is 0 Å². The van der Waals surface area contributed by atoms with E-state index in [2.05, 4.69) is 14.9 Å². The van der Waals surface area contributed by atoms with Gasteiger partial charge in [-0.25, -0.2) is 9.78 Å². The Hall–Kier alpha value is -3.35. The number of fused-ring (bicyclic) bond motifs is 1. The highest BCUT2D eigenvalue weighted by atomic mass is 16.4. The quantitative estimate of drug-likeness (QED) is 0.728. The van der Waals surface area contributed by atoms with Gasteiger partial charge in [-0.15, -0.1) is 0 Å². The Morgan fingerprint density at radius 2 is 1.86 bits per heavy atom. The van der Waals surface area contributed by atoms with E-state index in [-0.39, 0.29) is 11.5 Å². The maximum Gasteiger partial charge on any atom is 0.337 e. The van der Waals surface area contributed by atoms with Gasteiger partial charge in [0.1, 0.15) is 5.82 Å². The number of amides is 1. The number of carboxylic acids is 1. The van der Waals surface area contributed by atoms with Gasteiger partial charge in [-0.3, -0.25) is 4.79 Å². The van der Waals surface area contributed by atoms with Crippen LogP contribution in [0.4, 0.5) is 5.82 Å². The molecule has 1 amide bonds. The molecule has 0 radical (unpaired) electrons. The number of rotatable bonds is 4. The van der Waals surface area contributed by atoms with E-state index >= 15 is 0 Å². The summed E-state index contributed by atoms with van der Waals surface area (Å²) >= 11 is 0. The molecule has 144 valence electrons. The number of aryl methyl sites for hydroxylation is 1. The van der Waals surface area contributed by atoms with Crippen LogP contribution in [0.15, 0.2) is 42.6 Å². The monoisotopic (exact) mass is 378 g/mol. The van der Waals surface area contributed by atoms with Gasteiger partial charge in [-0.05, 0) is 30.7 Å². The first-order valence-corrected chi connectivity index (χ1v) is 9.31. The normalized spacial score (nSPS) is 14.5. The summed E-state index contributed by atoms with van der Waals surface area (Å²) in [6.07, 6.45) is 1.76. The SMILES string of the molecule is Cc1[nH]c2ccccc2c1CC(=O)N1CCN(c2ccc(C(=O)O)cn2)CC1. The van der Waals surface area contributed by atoms with Crippen molar-refractivity contribution >= 4 is 28.6 Å². The number of benzene rings is 1. The highest BCUT2D eigenvalue weighted by Crippen LogP contribution is 2.23. The average Bonchev–Trinajstić information content (AvgIpc) is 3.03. The third-order valence-corrected chi connectivity index (χ3v) is 5.31. The number of carboxylic acid groups (broad SMARTS) is 1. The Labute approximate surface area is 162 Å². The van der Waals surface area contributed by atoms with Crippen molar-refractivity contribution in [2.24, 2.45) is 0 Å². The fourth-order valence-corrected chi connectivity index (χ4v) is 3.71. The molecule has 7 nitrogen and oxygen atoms in total. The number of hydrogen-bond acceptors (Lipinski definition) is 4. The molecule has 0 aliphatic carbocycles. The second-order valence-electron chi connectivity index (χ2n) is 7.03. The van der Waals surface area contributed by atoms with Gasteiger partial charge < -0.3 is 19.9 Å². The minimum atomic E-state index is -0.984. The predicted molar refractivity (Wildman–Crippen MR) is 107 cm³/mol. The number of anilines is 1. The summed E-state index contributed by atoms with van der Waals surface area (Å²) in [5.74, 6) is -0.117. The second kappa shape index (κ2) is 7.34. The summed E-state index contributed by atoms with van der Waals surface area (Å²) in [4.78, 5) is 35.3. The first kappa shape index (κ1) is 18.0. The zero-order valence-electron chi connectivity index (χ0n) is 15.7. The van der Waals surface area contributed by atoms with Crippen LogP contribution in [0, 0.1) is 6.92 Å². The number of para-hydroxylation sites is 1. The number of aromatic nitrogens is 2. The summed E-state index contributed by atoms with van der Waals surface area (Å²) in [5, 5.41) is 10.1. The lowest BCUT2D eigenvalue weighted by atomic mass is 10.1. The molecule has 1 saturated heterocycles. The fraction of sp³-hybridized carbons (Fsp3) is 0.286. The molecular formula is C21H22N4O3. The zero-order chi connectivity index (χ0) is 19.7. The van der Waals surface area contributed by atoms with Crippen LogP contribution in [0.3, 0.4) is 0 Å². The van der Waals surface area contributed by atoms with Crippen LogP contribution in [0.2, 0.25) is 0 Å². The Kier molecular flexibility index (Phi) is 4.73. The van der Waals surface area contributed by atoms with Gasteiger partial charge in [0.15, 0.2) is 0 Å². The van der Waals surface area contributed by atoms with Gasteiger partial charge in [0.05, 0.1) is 12.0 Å². The van der Waals surface area contributed by atoms with Crippen molar-refractivity contribution in [1.29, 1.82) is 0 Å². The molecule has 1 aliphatic rings. The third kappa shape index (κ3) is 3.43. The number of piperazine rings is 1. The molecule has 0 bridgehead atoms. The number of aromatic amines is 1. The number of H-pyrrole nitrogens is 1. The van der Waals surface area contributed by atoms with Crippen LogP contribution in [-0.2, 0) is 11.2 Å². The number of pyridine rings is 1. The molecule has 7 heteroatoms. The van der Waals surface area contributed by atoms with E-state index in [0.29, 0.717) is 32.6 Å². The lowest BCUT2D eigenvalue weighted by Crippen LogP contribution is -2.49. The van der Waals surface area contributed by atoms with Gasteiger partial charge in [0.2, 0.25) is 5.91 Å². The first-order chi connectivity index (χ1) is 13.5. The van der Waals surface area contributed by atoms with Crippen LogP contribution in [0.25, 0.3) is 10.9 Å². The Balaban J connectivity index is 1.40. The van der Waals surface area contributed by atoms with Crippen LogP contribution in [-0.4, -0.2) is 58.0 Å². The summed E-state index contributed by atoms with van der Waals surface area (Å²) in [5.41, 5.74) is 3.33. The molecule has 28 heavy (non-hydrogen) atoms. The number of carbonyl (C=O) groups is 2. The van der Waals surface area contributed by atoms with Gasteiger partial charge in [-0.2, -0.15) is 0 Å². The predicted octanol–water partition coefficient (Wildman–Crippen LogP) is 2.46. The van der Waals surface area contributed by atoms with Crippen molar-refractivity contribution in [3.8, 4) is 0 Å². The smallest absolute Gasteiger partial charge is 0.337 e. The zero-order valence-corrected chi connectivity index (χ0v) is 15.7. The van der Waals surface area contributed by atoms with Crippen LogP contribution in [0.1, 0.15) is 21.6 Å². The molecular weight excluding hydrogens is 356 g/mol. The minimum Gasteiger partial charge on any atom is -0.478 e. The van der Waals surface area contributed by atoms with Gasteiger partial charge in [0.25, 0.3) is 0 Å². The molecule has 3 heterocycles. The molecule has 0 spiro atoms. The van der Waals surface area contributed by atoms with Crippen molar-refractivity contribution in [1.82, 2.24) is 14.9 Å². The number of carbonyl (C=O) groups excluding carboxylic acids is 1. The largest absolute Gasteiger partial charge is 0.478 e. The molecule has 1 aliphatic heterocycles. The Bertz CT molecular complexity index is 1020. The maximum absolute atomic E-state index is 12.8. The summed E-state index contributed by atoms with van der Waals surface area (Å²) in [6.45, 7) is 4.62. The van der Waals surface area contributed by atoms with Crippen molar-refractivity contribution in [2.45, 2.75) is 13.3 Å². The first-order valence-electron chi connectivity index (χ1n) is 9.31. The molecule has 0 unspecified atom stereocenters. The van der Waals surface area contributed by atoms with E-state index in [1.807, 2.05) is 36.1 Å². The lowest BCUT2D eigenvalue weighted by molar-refractivity contribution is -0.130. The molecule has 0 saturated carbocycles. The van der Waals surface area contributed by atoms with Gasteiger partial charge in [-0.1, -0.05) is 18.2 Å². The van der Waals surface area contributed by atoms with Crippen molar-refractivity contribution < 1.29 is 14.7 Å². The topological polar surface area (TPSA) is 89.5 Å². The third-order valence-electron chi connectivity index (χ3n) is 5.31. The van der Waals surface area contributed by atoms with Crippen LogP contribution in [0.5, 0.6) is 0 Å². The molecule has 1 fully saturated rings. The Morgan fingerprint density at radius 1 is 1.11 bits per heavy atom. The lowest BCUT2D eigenvalue weighted by Gasteiger charge is -2.35. The number of nitrogens with zero attached hydrogens (tertiary/aromatic N) is 3. The van der Waals surface area contributed by atoms with E-state index in [1.165, 1.54) is 6.20 Å². The highest BCUT2D eigenvalue weighted by molar-refractivity contribution is 5.90. The molecule has 3 aromatic rings. The van der Waals surface area contributed by atoms with E-state index < -0.39 is 5.97 Å². The molecule has 1 aromatic carbocycles. The molecule has 2 aromatic heterocycles. The van der Waals surface area contributed by atoms with E-state index in [1.54, 1.807) is 12.1 Å². The Morgan fingerprint density at radius 3 is 2.54 bits per heavy atom. The summed E-state index contributed by atoms with van der Waals surface area (Å²) in [6, 6.07) is 11.3. The molecule has 2 N–H and O–H groups in total. The number of hydrogen-bond donors (Lipinski definition) is 2. The number of nitrogens with one attached hydrogen (secondary N) is 1. The van der Waals surface area contributed by atoms with Gasteiger partial charge >= 0.3 is 5.97 Å². The van der Waals surface area contributed by atoms with Crippen molar-refractivity contribution in [2.75, 3.05) is 31.1 Å². The summed E-state index contributed by atoms with van der Waals surface area (Å²) in [7, 11) is 0. The van der Waals surface area contributed by atoms with Crippen molar-refractivity contribution in [3.05, 3.63) is 59.4 Å². The van der Waals surface area contributed by atoms with Gasteiger partial charge in [0, 0.05) is 49.0 Å². The van der Waals surface area contributed by atoms with E-state index in [4.69, 9.17) is 5.11 Å². The maximum atomic E-state index is 12.8. The van der Waals surface area contributed by atoms with E-state index in [9.17, 15) is 9.59 Å². The molecule has 4 rings (SSSR count). The molecule has 0 atom stereocenters. The second-order valence-corrected chi connectivity index (χ2v) is 7.03. The van der Waals surface area contributed by atoms with E-state index in [0.717, 1.165) is 28.0 Å². The standard InChI is InChI=1S/C21H22N4O3/c1-14-17(16-4-2-3-5-18(16)23-14)12-20(26)25-10-8-24(9-11-25)19-7-6-15(13-22-19)21(27)28/h2-7,13,23H,8-12H2,1H3,(H,27,28). The minimum absolute atomic E-state index is 0.127. The highest BCUT2D eigenvalue weighted by Gasteiger charge is 2.23. The number of aromatic carboxylic acids is 1. The fourth-order valence-electron chi connectivity index (χ4n) is 3.71. The average molecular weight is 378 g/mol. The van der Waals surface area contributed by atoms with Crippen LogP contribution < -0.4 is 4.90 Å². The van der Waals surface area contributed by atoms with Crippen LogP contribution >= 0.6 is 0 Å².